The van der Waals surface area contributed by atoms with Crippen LogP contribution in [0.25, 0.3) is 20.8 Å². The Balaban J connectivity index is 1.69. The van der Waals surface area contributed by atoms with Gasteiger partial charge in [-0.05, 0) is 24.3 Å². The zero-order chi connectivity index (χ0) is 16.7. The summed E-state index contributed by atoms with van der Waals surface area (Å²) in [4.78, 5) is 29.8. The van der Waals surface area contributed by atoms with Crippen LogP contribution in [0.5, 0.6) is 0 Å². The number of nitrogens with two attached hydrogens (primary N) is 1. The van der Waals surface area contributed by atoms with Gasteiger partial charge in [0.15, 0.2) is 0 Å². The third-order valence-corrected chi connectivity index (χ3v) is 5.31. The topological polar surface area (TPSA) is 76.3 Å². The summed E-state index contributed by atoms with van der Waals surface area (Å²) in [5, 5.41) is 0.913. The van der Waals surface area contributed by atoms with Gasteiger partial charge in [0, 0.05) is 24.2 Å². The molecule has 0 aliphatic carbocycles. The zero-order valence-electron chi connectivity index (χ0n) is 12.8. The van der Waals surface area contributed by atoms with Gasteiger partial charge in [0.05, 0.1) is 16.1 Å². The second-order valence-corrected chi connectivity index (χ2v) is 6.88. The summed E-state index contributed by atoms with van der Waals surface area (Å²) in [6.45, 7) is 0.345. The van der Waals surface area contributed by atoms with Crippen molar-refractivity contribution in [2.75, 3.05) is 11.4 Å². The third-order valence-electron chi connectivity index (χ3n) is 4.23. The van der Waals surface area contributed by atoms with Crippen molar-refractivity contribution in [1.29, 1.82) is 0 Å². The number of primary amides is 1. The summed E-state index contributed by atoms with van der Waals surface area (Å²) in [5.41, 5.74) is 8.05. The first kappa shape index (κ1) is 14.8. The molecule has 2 heterocycles. The van der Waals surface area contributed by atoms with Crippen LogP contribution in [0.2, 0.25) is 0 Å². The number of para-hydroxylation sites is 1. The van der Waals surface area contributed by atoms with E-state index in [0.717, 1.165) is 26.5 Å². The minimum Gasteiger partial charge on any atom is -0.369 e. The van der Waals surface area contributed by atoms with Crippen LogP contribution in [-0.2, 0) is 9.59 Å². The highest BCUT2D eigenvalue weighted by molar-refractivity contribution is 7.21. The molecular formula is C18H15N3O2S. The number of fused-ring (bicyclic) bond motifs is 1. The molecule has 3 aromatic rings. The summed E-state index contributed by atoms with van der Waals surface area (Å²) in [6.07, 6.45) is 0.181. The number of aromatic nitrogens is 1. The Kier molecular flexibility index (Phi) is 3.54. The first-order chi connectivity index (χ1) is 11.6. The predicted molar refractivity (Wildman–Crippen MR) is 94.7 cm³/mol. The van der Waals surface area contributed by atoms with Crippen molar-refractivity contribution in [3.8, 4) is 10.6 Å². The van der Waals surface area contributed by atoms with E-state index in [1.165, 1.54) is 0 Å². The molecule has 1 atom stereocenters. The standard InChI is InChI=1S/C18H15N3O2S/c19-17(23)12-9-16(22)21(10-12)13-5-3-4-11(8-13)18-20-14-6-1-2-7-15(14)24-18/h1-8,12H,9-10H2,(H2,19,23). The van der Waals surface area contributed by atoms with Gasteiger partial charge in [-0.1, -0.05) is 24.3 Å². The average molecular weight is 337 g/mol. The highest BCUT2D eigenvalue weighted by atomic mass is 32.1. The van der Waals surface area contributed by atoms with Gasteiger partial charge in [0.2, 0.25) is 11.8 Å². The maximum atomic E-state index is 12.2. The van der Waals surface area contributed by atoms with Gasteiger partial charge >= 0.3 is 0 Å². The minimum absolute atomic E-state index is 0.0692. The lowest BCUT2D eigenvalue weighted by molar-refractivity contribution is -0.123. The van der Waals surface area contributed by atoms with Crippen molar-refractivity contribution in [2.45, 2.75) is 6.42 Å². The highest BCUT2D eigenvalue weighted by Gasteiger charge is 2.34. The quantitative estimate of drug-likeness (QED) is 0.798. The van der Waals surface area contributed by atoms with E-state index in [1.54, 1.807) is 16.2 Å². The van der Waals surface area contributed by atoms with Gasteiger partial charge in [-0.3, -0.25) is 9.59 Å². The number of hydrogen-bond acceptors (Lipinski definition) is 4. The first-order valence-corrected chi connectivity index (χ1v) is 8.49. The summed E-state index contributed by atoms with van der Waals surface area (Å²) in [7, 11) is 0. The lowest BCUT2D eigenvalue weighted by Crippen LogP contribution is -2.28. The van der Waals surface area contributed by atoms with E-state index in [9.17, 15) is 9.59 Å². The fourth-order valence-electron chi connectivity index (χ4n) is 2.95. The Hall–Kier alpha value is -2.73. The van der Waals surface area contributed by atoms with Crippen molar-refractivity contribution in [3.05, 3.63) is 48.5 Å². The van der Waals surface area contributed by atoms with Crippen LogP contribution in [0.4, 0.5) is 5.69 Å². The average Bonchev–Trinajstić information content (AvgIpc) is 3.18. The highest BCUT2D eigenvalue weighted by Crippen LogP contribution is 2.33. The molecule has 5 nitrogen and oxygen atoms in total. The molecule has 24 heavy (non-hydrogen) atoms. The van der Waals surface area contributed by atoms with Crippen molar-refractivity contribution >= 4 is 39.1 Å². The number of nitrogens with zero attached hydrogens (tertiary/aromatic N) is 2. The van der Waals surface area contributed by atoms with Crippen LogP contribution >= 0.6 is 11.3 Å². The number of rotatable bonds is 3. The van der Waals surface area contributed by atoms with Crippen molar-refractivity contribution in [3.63, 3.8) is 0 Å². The molecule has 2 amide bonds. The van der Waals surface area contributed by atoms with Gasteiger partial charge < -0.3 is 10.6 Å². The molecule has 1 unspecified atom stereocenters. The lowest BCUT2D eigenvalue weighted by Gasteiger charge is -2.16. The normalized spacial score (nSPS) is 17.6. The molecule has 2 N–H and O–H groups in total. The molecule has 0 bridgehead atoms. The van der Waals surface area contributed by atoms with Crippen LogP contribution in [0.1, 0.15) is 6.42 Å². The summed E-state index contributed by atoms with van der Waals surface area (Å²) in [5.74, 6) is -0.906. The maximum Gasteiger partial charge on any atom is 0.227 e. The number of carbonyl (C=O) groups is 2. The van der Waals surface area contributed by atoms with Gasteiger partial charge in [0.1, 0.15) is 5.01 Å². The summed E-state index contributed by atoms with van der Waals surface area (Å²) >= 11 is 1.62. The molecule has 4 rings (SSSR count). The fraction of sp³-hybridized carbons (Fsp3) is 0.167. The van der Waals surface area contributed by atoms with Crippen molar-refractivity contribution in [1.82, 2.24) is 4.98 Å². The number of benzene rings is 2. The molecule has 2 aromatic carbocycles. The Morgan fingerprint density at radius 3 is 2.79 bits per heavy atom. The zero-order valence-corrected chi connectivity index (χ0v) is 13.6. The Bertz CT molecular complexity index is 917. The molecular weight excluding hydrogens is 322 g/mol. The van der Waals surface area contributed by atoms with Crippen LogP contribution in [0.3, 0.4) is 0 Å². The molecule has 120 valence electrons. The molecule has 6 heteroatoms. The minimum atomic E-state index is -0.423. The predicted octanol–water partition coefficient (Wildman–Crippen LogP) is 2.80. The molecule has 1 saturated heterocycles. The van der Waals surface area contributed by atoms with Crippen LogP contribution in [-0.4, -0.2) is 23.3 Å². The maximum absolute atomic E-state index is 12.2. The van der Waals surface area contributed by atoms with E-state index in [1.807, 2.05) is 48.5 Å². The first-order valence-electron chi connectivity index (χ1n) is 7.67. The van der Waals surface area contributed by atoms with E-state index < -0.39 is 11.8 Å². The van der Waals surface area contributed by atoms with E-state index in [0.29, 0.717) is 6.54 Å². The fourth-order valence-corrected chi connectivity index (χ4v) is 3.91. The molecule has 0 spiro atoms. The molecule has 1 aliphatic heterocycles. The Morgan fingerprint density at radius 2 is 2.04 bits per heavy atom. The lowest BCUT2D eigenvalue weighted by atomic mass is 10.1. The van der Waals surface area contributed by atoms with E-state index in [2.05, 4.69) is 4.98 Å². The molecule has 1 aromatic heterocycles. The summed E-state index contributed by atoms with van der Waals surface area (Å²) in [6, 6.07) is 15.7. The summed E-state index contributed by atoms with van der Waals surface area (Å²) < 4.78 is 1.13. The van der Waals surface area contributed by atoms with Crippen molar-refractivity contribution in [2.24, 2.45) is 11.7 Å². The van der Waals surface area contributed by atoms with Gasteiger partial charge in [-0.2, -0.15) is 0 Å². The van der Waals surface area contributed by atoms with Gasteiger partial charge in [0.25, 0.3) is 0 Å². The SMILES string of the molecule is NC(=O)C1CC(=O)N(c2cccc(-c3nc4ccccc4s3)c2)C1. The smallest absolute Gasteiger partial charge is 0.227 e. The molecule has 0 saturated carbocycles. The second-order valence-electron chi connectivity index (χ2n) is 5.84. The van der Waals surface area contributed by atoms with Crippen LogP contribution < -0.4 is 10.6 Å². The van der Waals surface area contributed by atoms with Gasteiger partial charge in [-0.15, -0.1) is 11.3 Å². The molecule has 1 aliphatic rings. The van der Waals surface area contributed by atoms with Gasteiger partial charge in [-0.25, -0.2) is 4.98 Å². The van der Waals surface area contributed by atoms with Crippen molar-refractivity contribution < 1.29 is 9.59 Å². The third kappa shape index (κ3) is 2.55. The molecule has 0 radical (unpaired) electrons. The molecule has 1 fully saturated rings. The van der Waals surface area contributed by atoms with Crippen LogP contribution in [0, 0.1) is 5.92 Å². The Labute approximate surface area is 142 Å². The van der Waals surface area contributed by atoms with E-state index in [-0.39, 0.29) is 12.3 Å². The number of anilines is 1. The van der Waals surface area contributed by atoms with Crippen LogP contribution in [0.15, 0.2) is 48.5 Å². The Morgan fingerprint density at radius 1 is 1.21 bits per heavy atom. The second kappa shape index (κ2) is 5.72. The number of thiazole rings is 1. The largest absolute Gasteiger partial charge is 0.369 e. The number of hydrogen-bond donors (Lipinski definition) is 1. The van der Waals surface area contributed by atoms with E-state index >= 15 is 0 Å². The number of amides is 2. The monoisotopic (exact) mass is 337 g/mol. The number of carbonyl (C=O) groups excluding carboxylic acids is 2. The van der Waals surface area contributed by atoms with E-state index in [4.69, 9.17) is 5.73 Å².